The normalized spacial score (nSPS) is 21.6. The Labute approximate surface area is 104 Å². The van der Waals surface area contributed by atoms with Crippen molar-refractivity contribution >= 4 is 11.9 Å². The van der Waals surface area contributed by atoms with Crippen molar-refractivity contribution in [2.24, 2.45) is 11.1 Å². The summed E-state index contributed by atoms with van der Waals surface area (Å²) in [7, 11) is 0. The van der Waals surface area contributed by atoms with Gasteiger partial charge < -0.3 is 15.9 Å². The fourth-order valence-corrected chi connectivity index (χ4v) is 2.63. The summed E-state index contributed by atoms with van der Waals surface area (Å²) < 4.78 is 0. The van der Waals surface area contributed by atoms with Gasteiger partial charge in [-0.2, -0.15) is 0 Å². The van der Waals surface area contributed by atoms with Gasteiger partial charge in [0.05, 0.1) is 12.0 Å². The van der Waals surface area contributed by atoms with Crippen LogP contribution in [-0.2, 0) is 17.6 Å². The summed E-state index contributed by atoms with van der Waals surface area (Å²) in [5.41, 5.74) is 7.39. The molecule has 0 aliphatic heterocycles. The predicted molar refractivity (Wildman–Crippen MR) is 64.5 cm³/mol. The lowest BCUT2D eigenvalue weighted by Crippen LogP contribution is -2.33. The van der Waals surface area contributed by atoms with Crippen molar-refractivity contribution in [1.29, 1.82) is 0 Å². The van der Waals surface area contributed by atoms with Gasteiger partial charge in [-0.05, 0) is 42.6 Å². The molecule has 0 radical (unpaired) electrons. The maximum Gasteiger partial charge on any atom is 0.335 e. The third-order valence-corrected chi connectivity index (χ3v) is 3.54. The molecular weight excluding hydrogens is 234 g/mol. The lowest BCUT2D eigenvalue weighted by molar-refractivity contribution is -0.139. The zero-order chi connectivity index (χ0) is 13.3. The molecular formula is C13H15NO4. The smallest absolute Gasteiger partial charge is 0.335 e. The van der Waals surface area contributed by atoms with E-state index in [1.165, 1.54) is 0 Å². The minimum Gasteiger partial charge on any atom is -0.481 e. The van der Waals surface area contributed by atoms with Crippen LogP contribution >= 0.6 is 0 Å². The van der Waals surface area contributed by atoms with Crippen molar-refractivity contribution in [3.05, 3.63) is 34.9 Å². The Morgan fingerprint density at radius 3 is 2.44 bits per heavy atom. The molecule has 0 heterocycles. The standard InChI is InChI=1S/C13H15NO4/c14-7-13(6-11(15)16)4-9-2-1-8(12(17)18)3-10(9)5-13/h1-3H,4-7,14H2,(H,15,16)(H,17,18). The van der Waals surface area contributed by atoms with Gasteiger partial charge in [-0.25, -0.2) is 4.79 Å². The zero-order valence-electron chi connectivity index (χ0n) is 9.85. The number of hydrogen-bond donors (Lipinski definition) is 3. The van der Waals surface area contributed by atoms with Crippen LogP contribution in [-0.4, -0.2) is 28.7 Å². The Bertz CT molecular complexity index is 512. The molecule has 1 unspecified atom stereocenters. The van der Waals surface area contributed by atoms with Crippen LogP contribution in [0, 0.1) is 5.41 Å². The number of aliphatic carboxylic acids is 1. The molecule has 0 saturated carbocycles. The highest BCUT2D eigenvalue weighted by Gasteiger charge is 2.38. The summed E-state index contributed by atoms with van der Waals surface area (Å²) in [4.78, 5) is 21.8. The maximum atomic E-state index is 10.9. The first-order chi connectivity index (χ1) is 8.46. The fourth-order valence-electron chi connectivity index (χ4n) is 2.63. The van der Waals surface area contributed by atoms with Gasteiger partial charge in [-0.3, -0.25) is 4.79 Å². The molecule has 2 rings (SSSR count). The first-order valence-corrected chi connectivity index (χ1v) is 5.73. The quantitative estimate of drug-likeness (QED) is 0.736. The largest absolute Gasteiger partial charge is 0.481 e. The summed E-state index contributed by atoms with van der Waals surface area (Å²) in [6.07, 6.45) is 1.15. The van der Waals surface area contributed by atoms with E-state index in [9.17, 15) is 9.59 Å². The summed E-state index contributed by atoms with van der Waals surface area (Å²) >= 11 is 0. The van der Waals surface area contributed by atoms with Gasteiger partial charge in [0.25, 0.3) is 0 Å². The Hall–Kier alpha value is -1.88. The van der Waals surface area contributed by atoms with Crippen molar-refractivity contribution in [2.75, 3.05) is 6.54 Å². The van der Waals surface area contributed by atoms with Gasteiger partial charge in [0.2, 0.25) is 0 Å². The van der Waals surface area contributed by atoms with Crippen molar-refractivity contribution in [1.82, 2.24) is 0 Å². The number of carboxylic acids is 2. The Morgan fingerprint density at radius 2 is 1.89 bits per heavy atom. The number of benzene rings is 1. The van der Waals surface area contributed by atoms with Crippen LogP contribution in [0.15, 0.2) is 18.2 Å². The number of hydrogen-bond acceptors (Lipinski definition) is 3. The second-order valence-corrected chi connectivity index (χ2v) is 4.92. The van der Waals surface area contributed by atoms with E-state index in [0.29, 0.717) is 12.8 Å². The Morgan fingerprint density at radius 1 is 1.22 bits per heavy atom. The predicted octanol–water partition coefficient (Wildman–Crippen LogP) is 0.903. The number of aromatic carboxylic acids is 1. The number of nitrogens with two attached hydrogens (primary N) is 1. The molecule has 0 saturated heterocycles. The summed E-state index contributed by atoms with van der Waals surface area (Å²) in [5, 5.41) is 17.9. The molecule has 0 bridgehead atoms. The van der Waals surface area contributed by atoms with Crippen molar-refractivity contribution < 1.29 is 19.8 Å². The molecule has 5 heteroatoms. The van der Waals surface area contributed by atoms with E-state index in [4.69, 9.17) is 15.9 Å². The SMILES string of the molecule is NCC1(CC(=O)O)Cc2ccc(C(=O)O)cc2C1. The van der Waals surface area contributed by atoms with Crippen LogP contribution in [0.5, 0.6) is 0 Å². The molecule has 4 N–H and O–H groups in total. The van der Waals surface area contributed by atoms with Crippen LogP contribution in [0.4, 0.5) is 0 Å². The van der Waals surface area contributed by atoms with Gasteiger partial charge in [-0.1, -0.05) is 6.07 Å². The molecule has 1 aliphatic carbocycles. The molecule has 0 amide bonds. The van der Waals surface area contributed by atoms with Crippen molar-refractivity contribution in [3.8, 4) is 0 Å². The average Bonchev–Trinajstić information content (AvgIpc) is 2.65. The van der Waals surface area contributed by atoms with Crippen LogP contribution in [0.25, 0.3) is 0 Å². The van der Waals surface area contributed by atoms with E-state index in [1.807, 2.05) is 0 Å². The lowest BCUT2D eigenvalue weighted by atomic mass is 9.81. The summed E-state index contributed by atoms with van der Waals surface area (Å²) in [6.45, 7) is 0.288. The highest BCUT2D eigenvalue weighted by atomic mass is 16.4. The van der Waals surface area contributed by atoms with E-state index in [2.05, 4.69) is 0 Å². The molecule has 0 aromatic heterocycles. The van der Waals surface area contributed by atoms with Gasteiger partial charge in [0.15, 0.2) is 0 Å². The Balaban J connectivity index is 2.30. The molecule has 96 valence electrons. The molecule has 1 aromatic rings. The van der Waals surface area contributed by atoms with Crippen LogP contribution in [0.2, 0.25) is 0 Å². The van der Waals surface area contributed by atoms with Crippen molar-refractivity contribution in [3.63, 3.8) is 0 Å². The number of carboxylic acid groups (broad SMARTS) is 2. The van der Waals surface area contributed by atoms with Crippen LogP contribution < -0.4 is 5.73 Å². The van der Waals surface area contributed by atoms with Gasteiger partial charge in [-0.15, -0.1) is 0 Å². The van der Waals surface area contributed by atoms with E-state index in [-0.39, 0.29) is 18.5 Å². The molecule has 1 atom stereocenters. The average molecular weight is 249 g/mol. The molecule has 1 aromatic carbocycles. The Kier molecular flexibility index (Phi) is 3.09. The molecule has 5 nitrogen and oxygen atoms in total. The number of fused-ring (bicyclic) bond motifs is 1. The minimum absolute atomic E-state index is 0.0145. The lowest BCUT2D eigenvalue weighted by Gasteiger charge is -2.24. The first kappa shape index (κ1) is 12.6. The van der Waals surface area contributed by atoms with E-state index in [0.717, 1.165) is 11.1 Å². The molecule has 18 heavy (non-hydrogen) atoms. The number of rotatable bonds is 4. The van der Waals surface area contributed by atoms with Gasteiger partial charge >= 0.3 is 11.9 Å². The van der Waals surface area contributed by atoms with Gasteiger partial charge in [0.1, 0.15) is 0 Å². The summed E-state index contributed by atoms with van der Waals surface area (Å²) in [5.74, 6) is -1.84. The highest BCUT2D eigenvalue weighted by molar-refractivity contribution is 5.88. The first-order valence-electron chi connectivity index (χ1n) is 5.73. The van der Waals surface area contributed by atoms with Gasteiger partial charge in [0, 0.05) is 5.41 Å². The monoisotopic (exact) mass is 249 g/mol. The van der Waals surface area contributed by atoms with E-state index in [1.54, 1.807) is 18.2 Å². The number of carbonyl (C=O) groups is 2. The minimum atomic E-state index is -0.971. The molecule has 0 spiro atoms. The third-order valence-electron chi connectivity index (χ3n) is 3.54. The zero-order valence-corrected chi connectivity index (χ0v) is 9.85. The maximum absolute atomic E-state index is 10.9. The van der Waals surface area contributed by atoms with Crippen LogP contribution in [0.3, 0.4) is 0 Å². The van der Waals surface area contributed by atoms with Crippen molar-refractivity contribution in [2.45, 2.75) is 19.3 Å². The summed E-state index contributed by atoms with van der Waals surface area (Å²) in [6, 6.07) is 4.93. The second-order valence-electron chi connectivity index (χ2n) is 4.92. The van der Waals surface area contributed by atoms with Crippen LogP contribution in [0.1, 0.15) is 27.9 Å². The molecule has 0 fully saturated rings. The topological polar surface area (TPSA) is 101 Å². The second kappa shape index (κ2) is 4.42. The third kappa shape index (κ3) is 2.22. The van der Waals surface area contributed by atoms with E-state index >= 15 is 0 Å². The molecule has 1 aliphatic rings. The fraction of sp³-hybridized carbons (Fsp3) is 0.385. The van der Waals surface area contributed by atoms with E-state index < -0.39 is 17.4 Å². The highest BCUT2D eigenvalue weighted by Crippen LogP contribution is 2.39.